The zero-order valence-corrected chi connectivity index (χ0v) is 14.3. The molecule has 4 N–H and O–H groups in total. The van der Waals surface area contributed by atoms with Crippen LogP contribution < -0.4 is 16.4 Å². The van der Waals surface area contributed by atoms with Gasteiger partial charge in [-0.2, -0.15) is 4.98 Å². The molecule has 1 heterocycles. The van der Waals surface area contributed by atoms with Crippen LogP contribution in [0.2, 0.25) is 0 Å². The SMILES string of the molecule is COCCNC(=S)NC(CC(N)=O)c1nc(-c2cccc(F)c2)no1. The molecular formula is C15H18FN5O3S. The molecule has 25 heavy (non-hydrogen) atoms. The molecule has 0 bridgehead atoms. The largest absolute Gasteiger partial charge is 0.383 e. The second-order valence-corrected chi connectivity index (χ2v) is 5.49. The van der Waals surface area contributed by atoms with Crippen molar-refractivity contribution in [1.82, 2.24) is 20.8 Å². The van der Waals surface area contributed by atoms with E-state index in [0.717, 1.165) is 0 Å². The van der Waals surface area contributed by atoms with Crippen molar-refractivity contribution in [3.8, 4) is 11.4 Å². The summed E-state index contributed by atoms with van der Waals surface area (Å²) in [6.07, 6.45) is -0.100. The molecule has 0 spiro atoms. The van der Waals surface area contributed by atoms with E-state index in [4.69, 9.17) is 27.2 Å². The second kappa shape index (κ2) is 9.04. The van der Waals surface area contributed by atoms with Crippen LogP contribution in [0, 0.1) is 5.82 Å². The number of carbonyl (C=O) groups is 1. The number of hydrogen-bond donors (Lipinski definition) is 3. The molecule has 1 unspecified atom stereocenters. The molecule has 134 valence electrons. The molecular weight excluding hydrogens is 349 g/mol. The van der Waals surface area contributed by atoms with Gasteiger partial charge in [-0.15, -0.1) is 0 Å². The minimum atomic E-state index is -0.699. The standard InChI is InChI=1S/C15H18FN5O3S/c1-23-6-5-18-15(25)19-11(8-12(17)22)14-20-13(21-24-14)9-3-2-4-10(16)7-9/h2-4,7,11H,5-6,8H2,1H3,(H2,17,22)(H2,18,19,25). The van der Waals surface area contributed by atoms with E-state index in [9.17, 15) is 9.18 Å². The number of benzene rings is 1. The summed E-state index contributed by atoms with van der Waals surface area (Å²) in [5, 5.41) is 9.90. The molecule has 0 radical (unpaired) electrons. The minimum absolute atomic E-state index is 0.100. The Balaban J connectivity index is 2.12. The lowest BCUT2D eigenvalue weighted by molar-refractivity contribution is -0.118. The number of hydrogen-bond acceptors (Lipinski definition) is 6. The number of nitrogens with zero attached hydrogens (tertiary/aromatic N) is 2. The van der Waals surface area contributed by atoms with Gasteiger partial charge in [-0.25, -0.2) is 4.39 Å². The zero-order chi connectivity index (χ0) is 18.2. The van der Waals surface area contributed by atoms with E-state index < -0.39 is 17.8 Å². The monoisotopic (exact) mass is 367 g/mol. The number of methoxy groups -OCH3 is 1. The van der Waals surface area contributed by atoms with Gasteiger partial charge in [-0.1, -0.05) is 17.3 Å². The molecule has 0 aliphatic heterocycles. The van der Waals surface area contributed by atoms with Crippen molar-refractivity contribution in [2.24, 2.45) is 5.73 Å². The molecule has 0 aliphatic carbocycles. The quantitative estimate of drug-likeness (QED) is 0.466. The molecule has 0 fully saturated rings. The van der Waals surface area contributed by atoms with Gasteiger partial charge in [0.1, 0.15) is 11.9 Å². The summed E-state index contributed by atoms with van der Waals surface area (Å²) in [7, 11) is 1.57. The Morgan fingerprint density at radius 1 is 1.52 bits per heavy atom. The van der Waals surface area contributed by atoms with Crippen molar-refractivity contribution >= 4 is 23.2 Å². The Morgan fingerprint density at radius 3 is 3.00 bits per heavy atom. The highest BCUT2D eigenvalue weighted by atomic mass is 32.1. The van der Waals surface area contributed by atoms with E-state index >= 15 is 0 Å². The second-order valence-electron chi connectivity index (χ2n) is 5.08. The van der Waals surface area contributed by atoms with Crippen LogP contribution >= 0.6 is 12.2 Å². The van der Waals surface area contributed by atoms with Gasteiger partial charge in [0.25, 0.3) is 0 Å². The van der Waals surface area contributed by atoms with Gasteiger partial charge >= 0.3 is 0 Å². The van der Waals surface area contributed by atoms with E-state index in [0.29, 0.717) is 18.7 Å². The molecule has 1 amide bonds. The van der Waals surface area contributed by atoms with E-state index in [-0.39, 0.29) is 23.2 Å². The molecule has 10 heteroatoms. The van der Waals surface area contributed by atoms with E-state index in [1.54, 1.807) is 13.2 Å². The van der Waals surface area contributed by atoms with E-state index in [1.165, 1.54) is 18.2 Å². The highest BCUT2D eigenvalue weighted by Gasteiger charge is 2.22. The van der Waals surface area contributed by atoms with Gasteiger partial charge in [0.2, 0.25) is 17.6 Å². The summed E-state index contributed by atoms with van der Waals surface area (Å²) < 4.78 is 23.4. The number of aromatic nitrogens is 2. The molecule has 2 rings (SSSR count). The van der Waals surface area contributed by atoms with Gasteiger partial charge in [0.15, 0.2) is 5.11 Å². The Kier molecular flexibility index (Phi) is 6.78. The van der Waals surface area contributed by atoms with Crippen molar-refractivity contribution in [3.63, 3.8) is 0 Å². The molecule has 1 atom stereocenters. The van der Waals surface area contributed by atoms with Crippen LogP contribution in [0.3, 0.4) is 0 Å². The Labute approximate surface area is 148 Å². The van der Waals surface area contributed by atoms with Crippen molar-refractivity contribution < 1.29 is 18.4 Å². The number of primary amides is 1. The fraction of sp³-hybridized carbons (Fsp3) is 0.333. The van der Waals surface area contributed by atoms with Gasteiger partial charge in [0.05, 0.1) is 13.0 Å². The number of nitrogens with two attached hydrogens (primary N) is 1. The lowest BCUT2D eigenvalue weighted by Crippen LogP contribution is -2.40. The van der Waals surface area contributed by atoms with Gasteiger partial charge < -0.3 is 25.6 Å². The maximum atomic E-state index is 13.3. The minimum Gasteiger partial charge on any atom is -0.383 e. The third-order valence-electron chi connectivity index (χ3n) is 3.13. The average Bonchev–Trinajstić information content (AvgIpc) is 3.04. The molecule has 8 nitrogen and oxygen atoms in total. The van der Waals surface area contributed by atoms with Gasteiger partial charge in [0, 0.05) is 19.2 Å². The molecule has 0 saturated heterocycles. The zero-order valence-electron chi connectivity index (χ0n) is 13.5. The highest BCUT2D eigenvalue weighted by Crippen LogP contribution is 2.21. The smallest absolute Gasteiger partial charge is 0.250 e. The molecule has 2 aromatic rings. The number of rotatable bonds is 8. The first-order valence-electron chi connectivity index (χ1n) is 7.40. The van der Waals surface area contributed by atoms with Gasteiger partial charge in [-0.05, 0) is 24.4 Å². The summed E-state index contributed by atoms with van der Waals surface area (Å²) in [6.45, 7) is 0.955. The van der Waals surface area contributed by atoms with E-state index in [2.05, 4.69) is 20.8 Å². The maximum Gasteiger partial charge on any atom is 0.250 e. The van der Waals surface area contributed by atoms with Gasteiger partial charge in [-0.3, -0.25) is 4.79 Å². The third-order valence-corrected chi connectivity index (χ3v) is 3.39. The van der Waals surface area contributed by atoms with Crippen LogP contribution in [0.15, 0.2) is 28.8 Å². The first-order valence-corrected chi connectivity index (χ1v) is 7.81. The maximum absolute atomic E-state index is 13.3. The first-order chi connectivity index (χ1) is 12.0. The van der Waals surface area contributed by atoms with Crippen molar-refractivity contribution in [2.75, 3.05) is 20.3 Å². The lowest BCUT2D eigenvalue weighted by atomic mass is 10.2. The van der Waals surface area contributed by atoms with Crippen LogP contribution in [-0.4, -0.2) is 41.4 Å². The summed E-state index contributed by atoms with van der Waals surface area (Å²) in [6, 6.07) is 5.07. The number of nitrogens with one attached hydrogen (secondary N) is 2. The van der Waals surface area contributed by atoms with Crippen LogP contribution in [0.4, 0.5) is 4.39 Å². The number of halogens is 1. The topological polar surface area (TPSA) is 115 Å². The molecule has 1 aromatic carbocycles. The van der Waals surface area contributed by atoms with Crippen molar-refractivity contribution in [3.05, 3.63) is 36.0 Å². The Bertz CT molecular complexity index is 739. The fourth-order valence-corrected chi connectivity index (χ4v) is 2.24. The number of thiocarbonyl (C=S) groups is 1. The van der Waals surface area contributed by atoms with Crippen LogP contribution in [0.5, 0.6) is 0 Å². The predicted octanol–water partition coefficient (Wildman–Crippen LogP) is 0.903. The summed E-state index contributed by atoms with van der Waals surface area (Å²) in [4.78, 5) is 15.5. The predicted molar refractivity (Wildman–Crippen MR) is 91.9 cm³/mol. The van der Waals surface area contributed by atoms with Crippen LogP contribution in [0.25, 0.3) is 11.4 Å². The Morgan fingerprint density at radius 2 is 2.32 bits per heavy atom. The van der Waals surface area contributed by atoms with Crippen molar-refractivity contribution in [1.29, 1.82) is 0 Å². The van der Waals surface area contributed by atoms with E-state index in [1.807, 2.05) is 0 Å². The average molecular weight is 367 g/mol. The number of carbonyl (C=O) groups excluding carboxylic acids is 1. The normalized spacial score (nSPS) is 11.8. The lowest BCUT2D eigenvalue weighted by Gasteiger charge is -2.16. The Hall–Kier alpha value is -2.59. The summed E-state index contributed by atoms with van der Waals surface area (Å²) >= 11 is 5.14. The summed E-state index contributed by atoms with van der Waals surface area (Å²) in [5.41, 5.74) is 5.72. The van der Waals surface area contributed by atoms with Crippen LogP contribution in [0.1, 0.15) is 18.4 Å². The summed E-state index contributed by atoms with van der Waals surface area (Å²) in [5.74, 6) is -0.667. The number of ether oxygens (including phenoxy) is 1. The van der Waals surface area contributed by atoms with Crippen LogP contribution in [-0.2, 0) is 9.53 Å². The fourth-order valence-electron chi connectivity index (χ4n) is 2.00. The molecule has 1 aromatic heterocycles. The number of amides is 1. The molecule has 0 saturated carbocycles. The highest BCUT2D eigenvalue weighted by molar-refractivity contribution is 7.80. The molecule has 0 aliphatic rings. The van der Waals surface area contributed by atoms with Crippen molar-refractivity contribution in [2.45, 2.75) is 12.5 Å². The third kappa shape index (κ3) is 5.76. The first kappa shape index (κ1) is 18.7.